The SMILES string of the molecule is O=S(=O)(CCCCCl)Nc1ccc2nccnc2c1. The predicted octanol–water partition coefficient (Wildman–Crippen LogP) is 2.39. The minimum Gasteiger partial charge on any atom is -0.283 e. The number of rotatable bonds is 6. The maximum atomic E-state index is 11.8. The van der Waals surface area contributed by atoms with Crippen LogP contribution < -0.4 is 4.72 Å². The minimum atomic E-state index is -3.33. The third-order valence-electron chi connectivity index (χ3n) is 2.54. The normalized spacial score (nSPS) is 11.6. The van der Waals surface area contributed by atoms with Gasteiger partial charge >= 0.3 is 0 Å². The van der Waals surface area contributed by atoms with Crippen molar-refractivity contribution in [3.63, 3.8) is 0 Å². The van der Waals surface area contributed by atoms with Crippen LogP contribution >= 0.6 is 11.6 Å². The molecular formula is C12H14ClN3O2S. The molecule has 19 heavy (non-hydrogen) atoms. The molecule has 2 aromatic rings. The van der Waals surface area contributed by atoms with E-state index in [0.717, 1.165) is 5.52 Å². The fraction of sp³-hybridized carbons (Fsp3) is 0.333. The van der Waals surface area contributed by atoms with Gasteiger partial charge in [-0.2, -0.15) is 0 Å². The van der Waals surface area contributed by atoms with E-state index in [0.29, 0.717) is 29.9 Å². The summed E-state index contributed by atoms with van der Waals surface area (Å²) in [6.45, 7) is 0. The molecule has 1 aromatic carbocycles. The van der Waals surface area contributed by atoms with Crippen molar-refractivity contribution < 1.29 is 8.42 Å². The monoisotopic (exact) mass is 299 g/mol. The van der Waals surface area contributed by atoms with Gasteiger partial charge < -0.3 is 0 Å². The first kappa shape index (κ1) is 14.0. The fourth-order valence-corrected chi connectivity index (χ4v) is 3.01. The molecule has 0 atom stereocenters. The molecule has 2 rings (SSSR count). The second-order valence-electron chi connectivity index (χ2n) is 4.08. The molecule has 0 radical (unpaired) electrons. The first-order chi connectivity index (χ1) is 9.11. The van der Waals surface area contributed by atoms with Gasteiger partial charge in [0.2, 0.25) is 10.0 Å². The van der Waals surface area contributed by atoms with Crippen LogP contribution in [0.15, 0.2) is 30.6 Å². The average molecular weight is 300 g/mol. The number of benzene rings is 1. The van der Waals surface area contributed by atoms with Crippen LogP contribution in [0.1, 0.15) is 12.8 Å². The Morgan fingerprint density at radius 3 is 2.58 bits per heavy atom. The zero-order valence-corrected chi connectivity index (χ0v) is 11.8. The Morgan fingerprint density at radius 2 is 1.84 bits per heavy atom. The highest BCUT2D eigenvalue weighted by molar-refractivity contribution is 7.92. The van der Waals surface area contributed by atoms with Gasteiger partial charge in [0.25, 0.3) is 0 Å². The number of hydrogen-bond acceptors (Lipinski definition) is 4. The maximum absolute atomic E-state index is 11.8. The Morgan fingerprint density at radius 1 is 1.11 bits per heavy atom. The van der Waals surface area contributed by atoms with Gasteiger partial charge in [0, 0.05) is 18.3 Å². The van der Waals surface area contributed by atoms with Gasteiger partial charge in [-0.25, -0.2) is 8.42 Å². The highest BCUT2D eigenvalue weighted by Gasteiger charge is 2.10. The lowest BCUT2D eigenvalue weighted by molar-refractivity contribution is 0.598. The molecule has 0 aliphatic rings. The number of hydrogen-bond donors (Lipinski definition) is 1. The highest BCUT2D eigenvalue weighted by Crippen LogP contribution is 2.16. The zero-order chi connectivity index (χ0) is 13.7. The Labute approximate surface area is 117 Å². The number of halogens is 1. The summed E-state index contributed by atoms with van der Waals surface area (Å²) in [7, 11) is -3.33. The topological polar surface area (TPSA) is 72.0 Å². The average Bonchev–Trinajstić information content (AvgIpc) is 2.38. The molecule has 102 valence electrons. The van der Waals surface area contributed by atoms with Gasteiger partial charge in [-0.1, -0.05) is 0 Å². The van der Waals surface area contributed by atoms with Crippen molar-refractivity contribution in [1.29, 1.82) is 0 Å². The molecule has 0 aliphatic heterocycles. The largest absolute Gasteiger partial charge is 0.283 e. The van der Waals surface area contributed by atoms with E-state index in [4.69, 9.17) is 11.6 Å². The van der Waals surface area contributed by atoms with Crippen LogP contribution in [0, 0.1) is 0 Å². The summed E-state index contributed by atoms with van der Waals surface area (Å²) >= 11 is 5.53. The molecule has 1 aromatic heterocycles. The number of sulfonamides is 1. The third-order valence-corrected chi connectivity index (χ3v) is 4.18. The quantitative estimate of drug-likeness (QED) is 0.656. The molecule has 0 unspecified atom stereocenters. The minimum absolute atomic E-state index is 0.0677. The van der Waals surface area contributed by atoms with E-state index in [9.17, 15) is 8.42 Å². The van der Waals surface area contributed by atoms with Gasteiger partial charge in [0.1, 0.15) is 0 Å². The third kappa shape index (κ3) is 4.04. The van der Waals surface area contributed by atoms with Crippen molar-refractivity contribution in [2.45, 2.75) is 12.8 Å². The van der Waals surface area contributed by atoms with Crippen LogP contribution in [0.2, 0.25) is 0 Å². The number of fused-ring (bicyclic) bond motifs is 1. The Bertz CT molecular complexity index is 661. The fourth-order valence-electron chi connectivity index (χ4n) is 1.64. The summed E-state index contributed by atoms with van der Waals surface area (Å²) in [5.41, 5.74) is 1.88. The van der Waals surface area contributed by atoms with E-state index in [2.05, 4.69) is 14.7 Å². The lowest BCUT2D eigenvalue weighted by Crippen LogP contribution is -2.16. The first-order valence-corrected chi connectivity index (χ1v) is 8.07. The molecule has 5 nitrogen and oxygen atoms in total. The van der Waals surface area contributed by atoms with Crippen LogP contribution in [0.4, 0.5) is 5.69 Å². The summed E-state index contributed by atoms with van der Waals surface area (Å²) in [5.74, 6) is 0.541. The molecule has 1 heterocycles. The molecule has 1 N–H and O–H groups in total. The summed E-state index contributed by atoms with van der Waals surface area (Å²) in [6, 6.07) is 5.08. The van der Waals surface area contributed by atoms with Crippen molar-refractivity contribution in [1.82, 2.24) is 9.97 Å². The highest BCUT2D eigenvalue weighted by atomic mass is 35.5. The van der Waals surface area contributed by atoms with E-state index >= 15 is 0 Å². The number of nitrogens with one attached hydrogen (secondary N) is 1. The molecule has 7 heteroatoms. The van der Waals surface area contributed by atoms with Gasteiger partial charge in [-0.05, 0) is 31.0 Å². The van der Waals surface area contributed by atoms with Crippen LogP contribution in [0.3, 0.4) is 0 Å². The van der Waals surface area contributed by atoms with Crippen molar-refractivity contribution in [3.05, 3.63) is 30.6 Å². The molecule has 0 amide bonds. The number of unbranched alkanes of at least 4 members (excludes halogenated alkanes) is 1. The van der Waals surface area contributed by atoms with Crippen molar-refractivity contribution in [2.75, 3.05) is 16.4 Å². The smallest absolute Gasteiger partial charge is 0.232 e. The van der Waals surface area contributed by atoms with Crippen molar-refractivity contribution in [3.8, 4) is 0 Å². The number of aromatic nitrogens is 2. The molecule has 0 fully saturated rings. The second-order valence-corrected chi connectivity index (χ2v) is 6.30. The zero-order valence-electron chi connectivity index (χ0n) is 10.2. The van der Waals surface area contributed by atoms with Gasteiger partial charge in [0.15, 0.2) is 0 Å². The lowest BCUT2D eigenvalue weighted by atomic mass is 10.3. The molecule has 0 bridgehead atoms. The van der Waals surface area contributed by atoms with Crippen LogP contribution in [0.5, 0.6) is 0 Å². The molecule has 0 spiro atoms. The molecule has 0 saturated carbocycles. The van der Waals surface area contributed by atoms with Crippen molar-refractivity contribution >= 4 is 38.3 Å². The maximum Gasteiger partial charge on any atom is 0.232 e. The standard InChI is InChI=1S/C12H14ClN3O2S/c13-5-1-2-8-19(17,18)16-10-3-4-11-12(9-10)15-7-6-14-11/h3-4,6-7,9,16H,1-2,5,8H2. The van der Waals surface area contributed by atoms with E-state index in [1.165, 1.54) is 0 Å². The molecule has 0 aliphatic carbocycles. The Balaban J connectivity index is 2.12. The summed E-state index contributed by atoms with van der Waals surface area (Å²) in [6.07, 6.45) is 4.40. The molecular weight excluding hydrogens is 286 g/mol. The predicted molar refractivity (Wildman–Crippen MR) is 76.9 cm³/mol. The lowest BCUT2D eigenvalue weighted by Gasteiger charge is -2.08. The Kier molecular flexibility index (Phi) is 4.55. The van der Waals surface area contributed by atoms with Crippen LogP contribution in [0.25, 0.3) is 11.0 Å². The summed E-state index contributed by atoms with van der Waals surface area (Å²) in [4.78, 5) is 8.26. The van der Waals surface area contributed by atoms with E-state index in [-0.39, 0.29) is 5.75 Å². The van der Waals surface area contributed by atoms with E-state index in [1.807, 2.05) is 0 Å². The van der Waals surface area contributed by atoms with Gasteiger partial charge in [-0.15, -0.1) is 11.6 Å². The van der Waals surface area contributed by atoms with Gasteiger partial charge in [0.05, 0.1) is 22.5 Å². The number of nitrogens with zero attached hydrogens (tertiary/aromatic N) is 2. The number of alkyl halides is 1. The van der Waals surface area contributed by atoms with Crippen molar-refractivity contribution in [2.24, 2.45) is 0 Å². The van der Waals surface area contributed by atoms with E-state index in [1.54, 1.807) is 30.6 Å². The van der Waals surface area contributed by atoms with Crippen LogP contribution in [-0.2, 0) is 10.0 Å². The Hall–Kier alpha value is -1.40. The second kappa shape index (κ2) is 6.16. The first-order valence-electron chi connectivity index (χ1n) is 5.88. The number of anilines is 1. The van der Waals surface area contributed by atoms with E-state index < -0.39 is 10.0 Å². The molecule has 0 saturated heterocycles. The van der Waals surface area contributed by atoms with Crippen LogP contribution in [-0.4, -0.2) is 30.0 Å². The summed E-state index contributed by atoms with van der Waals surface area (Å²) in [5, 5.41) is 0. The summed E-state index contributed by atoms with van der Waals surface area (Å²) < 4.78 is 26.2. The van der Waals surface area contributed by atoms with Gasteiger partial charge in [-0.3, -0.25) is 14.7 Å².